The van der Waals surface area contributed by atoms with Gasteiger partial charge in [0.2, 0.25) is 0 Å². The minimum Gasteiger partial charge on any atom is -0.476 e. The molecule has 3 rings (SSSR count). The minimum atomic E-state index is -1.24. The molecular formula is C16H14N6O3. The highest BCUT2D eigenvalue weighted by molar-refractivity contribution is 5.86. The van der Waals surface area contributed by atoms with E-state index in [0.29, 0.717) is 22.5 Å². The number of allylic oxidation sites excluding steroid dienone is 1. The Bertz CT molecular complexity index is 1050. The average molecular weight is 338 g/mol. The van der Waals surface area contributed by atoms with E-state index in [4.69, 9.17) is 0 Å². The highest BCUT2D eigenvalue weighted by Gasteiger charge is 2.16. The van der Waals surface area contributed by atoms with Gasteiger partial charge >= 0.3 is 5.97 Å². The van der Waals surface area contributed by atoms with Gasteiger partial charge in [0.15, 0.2) is 5.69 Å². The van der Waals surface area contributed by atoms with Crippen molar-refractivity contribution < 1.29 is 9.90 Å². The number of aromatic carboxylic acids is 1. The highest BCUT2D eigenvalue weighted by atomic mass is 16.4. The van der Waals surface area contributed by atoms with Gasteiger partial charge in [-0.25, -0.2) is 9.48 Å². The molecule has 0 saturated carbocycles. The number of pyridine rings is 1. The van der Waals surface area contributed by atoms with Crippen molar-refractivity contribution in [3.05, 3.63) is 58.9 Å². The first-order chi connectivity index (χ1) is 11.9. The van der Waals surface area contributed by atoms with Crippen LogP contribution in [0.15, 0.2) is 42.1 Å². The number of rotatable bonds is 4. The van der Waals surface area contributed by atoms with E-state index in [1.54, 1.807) is 37.1 Å². The molecule has 0 unspecified atom stereocenters. The predicted octanol–water partition coefficient (Wildman–Crippen LogP) is 1.15. The van der Waals surface area contributed by atoms with Gasteiger partial charge in [0, 0.05) is 24.4 Å². The summed E-state index contributed by atoms with van der Waals surface area (Å²) in [6, 6.07) is 2.87. The lowest BCUT2D eigenvalue weighted by molar-refractivity contribution is 0.0688. The lowest BCUT2D eigenvalue weighted by atomic mass is 10.1. The second kappa shape index (κ2) is 6.11. The third-order valence-corrected chi connectivity index (χ3v) is 3.57. The summed E-state index contributed by atoms with van der Waals surface area (Å²) in [5.74, 6) is -1.24. The first-order valence-corrected chi connectivity index (χ1v) is 7.22. The summed E-state index contributed by atoms with van der Waals surface area (Å²) in [7, 11) is 1.73. The SMILES string of the molecule is C=C(C)c1cc(C(=O)O)nn(-c2cncc(-c3cnnn3C)c2)c1=O. The summed E-state index contributed by atoms with van der Waals surface area (Å²) in [6.07, 6.45) is 4.58. The molecule has 3 heterocycles. The Morgan fingerprint density at radius 2 is 2.00 bits per heavy atom. The number of carboxylic acid groups (broad SMARTS) is 1. The van der Waals surface area contributed by atoms with Crippen molar-refractivity contribution in [2.45, 2.75) is 6.92 Å². The van der Waals surface area contributed by atoms with E-state index in [1.165, 1.54) is 12.3 Å². The molecule has 25 heavy (non-hydrogen) atoms. The summed E-state index contributed by atoms with van der Waals surface area (Å²) >= 11 is 0. The van der Waals surface area contributed by atoms with E-state index in [2.05, 4.69) is 27.0 Å². The van der Waals surface area contributed by atoms with Crippen molar-refractivity contribution in [1.29, 1.82) is 0 Å². The normalized spacial score (nSPS) is 10.6. The summed E-state index contributed by atoms with van der Waals surface area (Å²) in [5.41, 5.74) is 1.58. The lowest BCUT2D eigenvalue weighted by Crippen LogP contribution is -2.26. The van der Waals surface area contributed by atoms with E-state index in [9.17, 15) is 14.7 Å². The standard InChI is InChI=1S/C16H14N6O3/c1-9(2)12-5-13(16(24)25)19-22(15(12)23)11-4-10(6-17-7-11)14-8-18-20-21(14)3/h4-8H,1H2,2-3H3,(H,24,25). The molecule has 0 saturated heterocycles. The van der Waals surface area contributed by atoms with Crippen LogP contribution in [0.25, 0.3) is 22.5 Å². The Morgan fingerprint density at radius 3 is 2.60 bits per heavy atom. The Morgan fingerprint density at radius 1 is 1.24 bits per heavy atom. The maximum Gasteiger partial charge on any atom is 0.356 e. The van der Waals surface area contributed by atoms with Crippen LogP contribution in [0.1, 0.15) is 23.0 Å². The van der Waals surface area contributed by atoms with Crippen molar-refractivity contribution in [2.24, 2.45) is 7.05 Å². The smallest absolute Gasteiger partial charge is 0.356 e. The molecule has 3 aromatic heterocycles. The third kappa shape index (κ3) is 2.94. The molecule has 0 aliphatic heterocycles. The summed E-state index contributed by atoms with van der Waals surface area (Å²) in [5, 5.41) is 20.8. The Labute approximate surface area is 141 Å². The molecule has 126 valence electrons. The fourth-order valence-electron chi connectivity index (χ4n) is 2.31. The molecule has 9 heteroatoms. The molecule has 1 N–H and O–H groups in total. The number of hydrogen-bond donors (Lipinski definition) is 1. The summed E-state index contributed by atoms with van der Waals surface area (Å²) < 4.78 is 2.57. The molecule has 0 fully saturated rings. The van der Waals surface area contributed by atoms with Crippen LogP contribution >= 0.6 is 0 Å². The summed E-state index contributed by atoms with van der Waals surface area (Å²) in [4.78, 5) is 28.1. The molecule has 0 amide bonds. The van der Waals surface area contributed by atoms with Gasteiger partial charge in [-0.15, -0.1) is 5.10 Å². The van der Waals surface area contributed by atoms with E-state index in [1.807, 2.05) is 0 Å². The van der Waals surface area contributed by atoms with Crippen molar-refractivity contribution in [2.75, 3.05) is 0 Å². The highest BCUT2D eigenvalue weighted by Crippen LogP contribution is 2.19. The zero-order valence-corrected chi connectivity index (χ0v) is 13.5. The fraction of sp³-hybridized carbons (Fsp3) is 0.125. The molecule has 0 atom stereocenters. The predicted molar refractivity (Wildman–Crippen MR) is 89.3 cm³/mol. The summed E-state index contributed by atoms with van der Waals surface area (Å²) in [6.45, 7) is 5.35. The van der Waals surface area contributed by atoms with Crippen LogP contribution in [0.2, 0.25) is 0 Å². The van der Waals surface area contributed by atoms with Gasteiger partial charge in [-0.1, -0.05) is 11.8 Å². The van der Waals surface area contributed by atoms with Crippen LogP contribution in [-0.4, -0.2) is 40.8 Å². The minimum absolute atomic E-state index is 0.181. The first-order valence-electron chi connectivity index (χ1n) is 7.22. The molecule has 3 aromatic rings. The first kappa shape index (κ1) is 16.2. The molecule has 0 radical (unpaired) electrons. The monoisotopic (exact) mass is 338 g/mol. The number of nitrogens with zero attached hydrogens (tertiary/aromatic N) is 6. The van der Waals surface area contributed by atoms with Gasteiger partial charge in [-0.2, -0.15) is 9.78 Å². The van der Waals surface area contributed by atoms with Gasteiger partial charge in [0.25, 0.3) is 5.56 Å². The van der Waals surface area contributed by atoms with Crippen molar-refractivity contribution in [3.8, 4) is 16.9 Å². The lowest BCUT2D eigenvalue weighted by Gasteiger charge is -2.10. The Kier molecular flexibility index (Phi) is 3.97. The molecule has 0 aromatic carbocycles. The van der Waals surface area contributed by atoms with Gasteiger partial charge in [0.1, 0.15) is 0 Å². The number of aryl methyl sites for hydroxylation is 1. The van der Waals surface area contributed by atoms with Gasteiger partial charge in [-0.05, 0) is 24.6 Å². The Balaban J connectivity index is 2.23. The van der Waals surface area contributed by atoms with Crippen molar-refractivity contribution in [1.82, 2.24) is 29.8 Å². The molecule has 0 bridgehead atoms. The van der Waals surface area contributed by atoms with Crippen LogP contribution in [0.3, 0.4) is 0 Å². The topological polar surface area (TPSA) is 116 Å². The largest absolute Gasteiger partial charge is 0.476 e. The van der Waals surface area contributed by atoms with Gasteiger partial charge in [-0.3, -0.25) is 9.78 Å². The molecular weight excluding hydrogens is 324 g/mol. The molecule has 9 nitrogen and oxygen atoms in total. The van der Waals surface area contributed by atoms with E-state index >= 15 is 0 Å². The maximum absolute atomic E-state index is 12.6. The van der Waals surface area contributed by atoms with Crippen molar-refractivity contribution in [3.63, 3.8) is 0 Å². The van der Waals surface area contributed by atoms with Crippen molar-refractivity contribution >= 4 is 11.5 Å². The van der Waals surface area contributed by atoms with E-state index in [-0.39, 0.29) is 11.3 Å². The van der Waals surface area contributed by atoms with E-state index in [0.717, 1.165) is 4.68 Å². The number of aromatic nitrogens is 6. The van der Waals surface area contributed by atoms with Crippen LogP contribution in [0.5, 0.6) is 0 Å². The number of hydrogen-bond acceptors (Lipinski definition) is 6. The van der Waals surface area contributed by atoms with Crippen LogP contribution in [0, 0.1) is 0 Å². The van der Waals surface area contributed by atoms with Gasteiger partial charge < -0.3 is 5.11 Å². The van der Waals surface area contributed by atoms with Crippen LogP contribution < -0.4 is 5.56 Å². The second-order valence-corrected chi connectivity index (χ2v) is 5.42. The number of carbonyl (C=O) groups is 1. The van der Waals surface area contributed by atoms with Crippen LogP contribution in [-0.2, 0) is 7.05 Å². The van der Waals surface area contributed by atoms with Gasteiger partial charge in [0.05, 0.1) is 23.8 Å². The molecule has 0 spiro atoms. The third-order valence-electron chi connectivity index (χ3n) is 3.57. The van der Waals surface area contributed by atoms with Crippen LogP contribution in [0.4, 0.5) is 0 Å². The second-order valence-electron chi connectivity index (χ2n) is 5.42. The number of carboxylic acids is 1. The molecule has 0 aliphatic carbocycles. The zero-order chi connectivity index (χ0) is 18.1. The average Bonchev–Trinajstić information content (AvgIpc) is 3.00. The molecule has 0 aliphatic rings. The Hall–Kier alpha value is -3.62. The maximum atomic E-state index is 12.6. The quantitative estimate of drug-likeness (QED) is 0.758. The zero-order valence-electron chi connectivity index (χ0n) is 13.5. The fourth-order valence-corrected chi connectivity index (χ4v) is 2.31. The van der Waals surface area contributed by atoms with E-state index < -0.39 is 11.5 Å².